The van der Waals surface area contributed by atoms with Crippen LogP contribution in [0.1, 0.15) is 12.0 Å². The summed E-state index contributed by atoms with van der Waals surface area (Å²) in [6.45, 7) is 2.52. The van der Waals surface area contributed by atoms with Crippen molar-refractivity contribution in [2.24, 2.45) is 0 Å². The highest BCUT2D eigenvalue weighted by molar-refractivity contribution is 6.42. The summed E-state index contributed by atoms with van der Waals surface area (Å²) in [6.07, 6.45) is 1.06. The zero-order chi connectivity index (χ0) is 11.6. The number of halogens is 2. The maximum Gasteiger partial charge on any atom is 0.0595 e. The van der Waals surface area contributed by atoms with E-state index in [0.717, 1.165) is 26.2 Å². The number of hydrogen-bond acceptors (Lipinski definition) is 2. The molecule has 0 unspecified atom stereocenters. The van der Waals surface area contributed by atoms with E-state index in [4.69, 9.17) is 27.9 Å². The van der Waals surface area contributed by atoms with E-state index in [1.807, 2.05) is 25.2 Å². The third kappa shape index (κ3) is 2.21. The van der Waals surface area contributed by atoms with Crippen molar-refractivity contribution < 1.29 is 4.74 Å². The fraction of sp³-hybridized carbons (Fsp3) is 0.500. The minimum absolute atomic E-state index is 0.122. The van der Waals surface area contributed by atoms with Crippen molar-refractivity contribution in [3.63, 3.8) is 0 Å². The lowest BCUT2D eigenvalue weighted by Crippen LogP contribution is -2.48. The molecule has 1 fully saturated rings. The standard InChI is InChI=1S/C12H15Cl2NO/c1-15-5-4-12(7-16-8-12)9-2-3-10(13)11(14)6-9/h2-3,6,15H,4-5,7-8H2,1H3. The van der Waals surface area contributed by atoms with Gasteiger partial charge in [0.1, 0.15) is 0 Å². The fourth-order valence-electron chi connectivity index (χ4n) is 1.99. The molecule has 2 nitrogen and oxygen atoms in total. The third-order valence-corrected chi connectivity index (χ3v) is 3.88. The van der Waals surface area contributed by atoms with Crippen molar-refractivity contribution >= 4 is 23.2 Å². The molecule has 4 heteroatoms. The van der Waals surface area contributed by atoms with E-state index in [2.05, 4.69) is 5.32 Å². The fourth-order valence-corrected chi connectivity index (χ4v) is 2.29. The van der Waals surface area contributed by atoms with Crippen LogP contribution in [0.3, 0.4) is 0 Å². The smallest absolute Gasteiger partial charge is 0.0595 e. The molecular formula is C12H15Cl2NO. The lowest BCUT2D eigenvalue weighted by molar-refractivity contribution is -0.0638. The van der Waals surface area contributed by atoms with E-state index in [1.54, 1.807) is 0 Å². The summed E-state index contributed by atoms with van der Waals surface area (Å²) in [4.78, 5) is 0. The Hall–Kier alpha value is -0.280. The molecule has 0 amide bonds. The zero-order valence-corrected chi connectivity index (χ0v) is 10.7. The maximum absolute atomic E-state index is 6.05. The van der Waals surface area contributed by atoms with Gasteiger partial charge in [0.05, 0.1) is 23.3 Å². The van der Waals surface area contributed by atoms with Crippen LogP contribution in [0.2, 0.25) is 10.0 Å². The van der Waals surface area contributed by atoms with Crippen molar-refractivity contribution in [3.8, 4) is 0 Å². The molecule has 0 aromatic heterocycles. The minimum Gasteiger partial charge on any atom is -0.379 e. The average molecular weight is 260 g/mol. The molecule has 1 aliphatic rings. The van der Waals surface area contributed by atoms with E-state index in [1.165, 1.54) is 5.56 Å². The predicted molar refractivity (Wildman–Crippen MR) is 67.5 cm³/mol. The number of hydrogen-bond donors (Lipinski definition) is 1. The molecule has 0 saturated carbocycles. The van der Waals surface area contributed by atoms with Crippen molar-refractivity contribution in [1.29, 1.82) is 0 Å². The first-order valence-corrected chi connectivity index (χ1v) is 6.11. The summed E-state index contributed by atoms with van der Waals surface area (Å²) in [5.41, 5.74) is 1.35. The Morgan fingerprint density at radius 2 is 2.06 bits per heavy atom. The molecule has 1 saturated heterocycles. The highest BCUT2D eigenvalue weighted by Crippen LogP contribution is 2.37. The van der Waals surface area contributed by atoms with Crippen LogP contribution >= 0.6 is 23.2 Å². The van der Waals surface area contributed by atoms with Gasteiger partial charge in [-0.3, -0.25) is 0 Å². The summed E-state index contributed by atoms with van der Waals surface area (Å²) in [6, 6.07) is 5.87. The van der Waals surface area contributed by atoms with Crippen LogP contribution in [0.15, 0.2) is 18.2 Å². The average Bonchev–Trinajstić information content (AvgIpc) is 2.22. The molecule has 1 aliphatic heterocycles. The molecule has 0 aliphatic carbocycles. The van der Waals surface area contributed by atoms with Gasteiger partial charge in [0.2, 0.25) is 0 Å². The summed E-state index contributed by atoms with van der Waals surface area (Å²) in [5.74, 6) is 0. The summed E-state index contributed by atoms with van der Waals surface area (Å²) in [7, 11) is 1.96. The Balaban J connectivity index is 2.22. The highest BCUT2D eigenvalue weighted by Gasteiger charge is 2.39. The summed E-state index contributed by atoms with van der Waals surface area (Å²) < 4.78 is 5.36. The van der Waals surface area contributed by atoms with Gasteiger partial charge in [-0.05, 0) is 37.7 Å². The lowest BCUT2D eigenvalue weighted by Gasteiger charge is -2.42. The monoisotopic (exact) mass is 259 g/mol. The summed E-state index contributed by atoms with van der Waals surface area (Å²) in [5, 5.41) is 4.40. The molecule has 1 heterocycles. The molecule has 0 bridgehead atoms. The molecule has 16 heavy (non-hydrogen) atoms. The van der Waals surface area contributed by atoms with Crippen LogP contribution in [-0.2, 0) is 10.2 Å². The molecular weight excluding hydrogens is 245 g/mol. The van der Waals surface area contributed by atoms with Gasteiger partial charge in [0.25, 0.3) is 0 Å². The Bertz CT molecular complexity index is 377. The predicted octanol–water partition coefficient (Wildman–Crippen LogP) is 2.87. The highest BCUT2D eigenvalue weighted by atomic mass is 35.5. The van der Waals surface area contributed by atoms with Gasteiger partial charge in [0.15, 0.2) is 0 Å². The molecule has 1 aromatic carbocycles. The second-order valence-electron chi connectivity index (χ2n) is 4.26. The number of benzene rings is 1. The van der Waals surface area contributed by atoms with E-state index < -0.39 is 0 Å². The van der Waals surface area contributed by atoms with Crippen molar-refractivity contribution in [2.75, 3.05) is 26.8 Å². The minimum atomic E-state index is 0.122. The van der Waals surface area contributed by atoms with E-state index in [0.29, 0.717) is 10.0 Å². The molecule has 2 rings (SSSR count). The van der Waals surface area contributed by atoms with Crippen molar-refractivity contribution in [2.45, 2.75) is 11.8 Å². The molecule has 0 radical (unpaired) electrons. The second kappa shape index (κ2) is 4.92. The van der Waals surface area contributed by atoms with Gasteiger partial charge in [-0.2, -0.15) is 0 Å². The van der Waals surface area contributed by atoms with Crippen LogP contribution < -0.4 is 5.32 Å². The largest absolute Gasteiger partial charge is 0.379 e. The van der Waals surface area contributed by atoms with Gasteiger partial charge >= 0.3 is 0 Å². The van der Waals surface area contributed by atoms with Crippen molar-refractivity contribution in [3.05, 3.63) is 33.8 Å². The quantitative estimate of drug-likeness (QED) is 0.898. The molecule has 0 spiro atoms. The molecule has 1 aromatic rings. The Morgan fingerprint density at radius 3 is 2.56 bits per heavy atom. The first-order chi connectivity index (χ1) is 7.68. The first kappa shape index (κ1) is 12.2. The van der Waals surface area contributed by atoms with Gasteiger partial charge in [-0.25, -0.2) is 0 Å². The molecule has 1 N–H and O–H groups in total. The van der Waals surface area contributed by atoms with Crippen LogP contribution in [0.4, 0.5) is 0 Å². The van der Waals surface area contributed by atoms with E-state index in [-0.39, 0.29) is 5.41 Å². The SMILES string of the molecule is CNCCC1(c2ccc(Cl)c(Cl)c2)COC1. The summed E-state index contributed by atoms with van der Waals surface area (Å²) >= 11 is 12.0. The zero-order valence-electron chi connectivity index (χ0n) is 9.22. The topological polar surface area (TPSA) is 21.3 Å². The Morgan fingerprint density at radius 1 is 1.31 bits per heavy atom. The normalized spacial score (nSPS) is 18.2. The molecule has 0 atom stereocenters. The number of rotatable bonds is 4. The van der Waals surface area contributed by atoms with Crippen LogP contribution in [0.5, 0.6) is 0 Å². The van der Waals surface area contributed by atoms with Gasteiger partial charge in [-0.1, -0.05) is 29.3 Å². The molecule has 88 valence electrons. The van der Waals surface area contributed by atoms with E-state index >= 15 is 0 Å². The number of ether oxygens (including phenoxy) is 1. The Kier molecular flexibility index (Phi) is 3.75. The van der Waals surface area contributed by atoms with E-state index in [9.17, 15) is 0 Å². The third-order valence-electron chi connectivity index (χ3n) is 3.14. The van der Waals surface area contributed by atoms with Crippen LogP contribution in [0, 0.1) is 0 Å². The first-order valence-electron chi connectivity index (χ1n) is 5.36. The van der Waals surface area contributed by atoms with Crippen LogP contribution in [-0.4, -0.2) is 26.8 Å². The van der Waals surface area contributed by atoms with Crippen molar-refractivity contribution in [1.82, 2.24) is 5.32 Å². The van der Waals surface area contributed by atoms with Gasteiger partial charge in [-0.15, -0.1) is 0 Å². The maximum atomic E-state index is 6.05. The lowest BCUT2D eigenvalue weighted by atomic mass is 9.76. The number of nitrogens with one attached hydrogen (secondary N) is 1. The van der Waals surface area contributed by atoms with Crippen LogP contribution in [0.25, 0.3) is 0 Å². The van der Waals surface area contributed by atoms with Gasteiger partial charge < -0.3 is 10.1 Å². The van der Waals surface area contributed by atoms with Gasteiger partial charge in [0, 0.05) is 5.41 Å². The second-order valence-corrected chi connectivity index (χ2v) is 5.07. The Labute approximate surface area is 106 Å².